The Bertz CT molecular complexity index is 3490. The molecule has 0 aliphatic heterocycles. The van der Waals surface area contributed by atoms with Crippen molar-refractivity contribution in [3.8, 4) is 78.4 Å². The summed E-state index contributed by atoms with van der Waals surface area (Å²) in [5.74, 6) is 0.670. The zero-order valence-electron chi connectivity index (χ0n) is 33.4. The van der Waals surface area contributed by atoms with Crippen LogP contribution in [0.4, 0.5) is 0 Å². The van der Waals surface area contributed by atoms with Crippen molar-refractivity contribution >= 4 is 63.0 Å². The van der Waals surface area contributed by atoms with Crippen molar-refractivity contribution in [1.82, 2.24) is 15.0 Å². The van der Waals surface area contributed by atoms with Crippen LogP contribution in [0.15, 0.2) is 213 Å². The van der Waals surface area contributed by atoms with E-state index in [4.69, 9.17) is 9.97 Å². The predicted octanol–water partition coefficient (Wildman–Crippen LogP) is 16.3. The Morgan fingerprint density at radius 2 is 0.742 bits per heavy atom. The molecular formula is C57H35N3S2. The van der Waals surface area contributed by atoms with Gasteiger partial charge in [0.2, 0.25) is 0 Å². The number of fused-ring (bicyclic) bond motifs is 6. The zero-order valence-corrected chi connectivity index (χ0v) is 35.0. The lowest BCUT2D eigenvalue weighted by Crippen LogP contribution is -1.97. The van der Waals surface area contributed by atoms with Crippen LogP contribution in [0.1, 0.15) is 0 Å². The highest BCUT2D eigenvalue weighted by Gasteiger charge is 2.17. The highest BCUT2D eigenvalue weighted by molar-refractivity contribution is 7.26. The Balaban J connectivity index is 1.07. The Labute approximate surface area is 366 Å². The summed E-state index contributed by atoms with van der Waals surface area (Å²) in [7, 11) is 0. The summed E-state index contributed by atoms with van der Waals surface area (Å²) in [6.45, 7) is 0. The van der Waals surface area contributed by atoms with Crippen molar-refractivity contribution < 1.29 is 0 Å². The molecule has 12 aromatic rings. The van der Waals surface area contributed by atoms with Crippen LogP contribution >= 0.6 is 22.7 Å². The maximum absolute atomic E-state index is 5.41. The Hall–Kier alpha value is -7.57. The summed E-state index contributed by atoms with van der Waals surface area (Å²) < 4.78 is 5.17. The van der Waals surface area contributed by atoms with E-state index >= 15 is 0 Å². The van der Waals surface area contributed by atoms with E-state index in [2.05, 4.69) is 199 Å². The molecular weight excluding hydrogens is 791 g/mol. The molecule has 0 fully saturated rings. The minimum atomic E-state index is 0.670. The van der Waals surface area contributed by atoms with E-state index in [0.29, 0.717) is 5.82 Å². The van der Waals surface area contributed by atoms with Crippen LogP contribution in [0.3, 0.4) is 0 Å². The van der Waals surface area contributed by atoms with Gasteiger partial charge in [-0.2, -0.15) is 0 Å². The maximum Gasteiger partial charge on any atom is 0.160 e. The smallest absolute Gasteiger partial charge is 0.160 e. The fourth-order valence-electron chi connectivity index (χ4n) is 8.63. The third kappa shape index (κ3) is 6.65. The number of hydrogen-bond donors (Lipinski definition) is 0. The van der Waals surface area contributed by atoms with Gasteiger partial charge in [0, 0.05) is 75.0 Å². The quantitative estimate of drug-likeness (QED) is 0.161. The first-order chi connectivity index (χ1) is 30.7. The van der Waals surface area contributed by atoms with Gasteiger partial charge in [-0.15, -0.1) is 22.7 Å². The average molecular weight is 826 g/mol. The average Bonchev–Trinajstić information content (AvgIpc) is 3.92. The monoisotopic (exact) mass is 825 g/mol. The summed E-state index contributed by atoms with van der Waals surface area (Å²) in [4.78, 5) is 15.2. The summed E-state index contributed by atoms with van der Waals surface area (Å²) in [6.07, 6.45) is 3.72. The van der Waals surface area contributed by atoms with E-state index < -0.39 is 0 Å². The number of pyridine rings is 1. The molecule has 4 heterocycles. The summed E-state index contributed by atoms with van der Waals surface area (Å²) in [5.41, 5.74) is 13.7. The van der Waals surface area contributed by atoms with Crippen molar-refractivity contribution in [2.45, 2.75) is 0 Å². The van der Waals surface area contributed by atoms with Gasteiger partial charge in [-0.1, -0.05) is 127 Å². The molecule has 0 atom stereocenters. The minimum absolute atomic E-state index is 0.670. The van der Waals surface area contributed by atoms with Crippen molar-refractivity contribution in [3.05, 3.63) is 213 Å². The van der Waals surface area contributed by atoms with Crippen molar-refractivity contribution in [1.29, 1.82) is 0 Å². The van der Waals surface area contributed by atoms with E-state index in [1.54, 1.807) is 0 Å². The molecule has 0 unspecified atom stereocenters. The maximum atomic E-state index is 5.41. The Kier molecular flexibility index (Phi) is 8.87. The zero-order chi connectivity index (χ0) is 41.0. The van der Waals surface area contributed by atoms with Crippen molar-refractivity contribution in [3.63, 3.8) is 0 Å². The van der Waals surface area contributed by atoms with Gasteiger partial charge >= 0.3 is 0 Å². The summed E-state index contributed by atoms with van der Waals surface area (Å²) >= 11 is 3.69. The van der Waals surface area contributed by atoms with Gasteiger partial charge in [-0.3, -0.25) is 4.98 Å². The molecule has 3 nitrogen and oxygen atoms in total. The molecule has 0 spiro atoms. The number of benzene rings is 8. The van der Waals surface area contributed by atoms with Crippen molar-refractivity contribution in [2.75, 3.05) is 0 Å². The fraction of sp³-hybridized carbons (Fsp3) is 0. The first kappa shape index (κ1) is 36.3. The number of aromatic nitrogens is 3. The van der Waals surface area contributed by atoms with Gasteiger partial charge in [-0.05, 0) is 112 Å². The first-order valence-electron chi connectivity index (χ1n) is 20.7. The Morgan fingerprint density at radius 1 is 0.274 bits per heavy atom. The van der Waals surface area contributed by atoms with Crippen molar-refractivity contribution in [2.24, 2.45) is 0 Å². The molecule has 62 heavy (non-hydrogen) atoms. The highest BCUT2D eigenvalue weighted by atomic mass is 32.1. The van der Waals surface area contributed by atoms with E-state index in [9.17, 15) is 0 Å². The second kappa shape index (κ2) is 15.2. The molecule has 0 bridgehead atoms. The number of thiophene rings is 2. The Morgan fingerprint density at radius 3 is 1.39 bits per heavy atom. The van der Waals surface area contributed by atoms with Gasteiger partial charge in [0.1, 0.15) is 0 Å². The molecule has 5 heteroatoms. The molecule has 0 aliphatic carbocycles. The summed E-state index contributed by atoms with van der Waals surface area (Å²) in [5, 5.41) is 5.12. The minimum Gasteiger partial charge on any atom is -0.264 e. The van der Waals surface area contributed by atoms with E-state index in [1.807, 2.05) is 41.1 Å². The SMILES string of the molecule is c1ccc(-c2ccc(-c3cc(-c4cccc(-c5cccnc5)c4)nc(-c4cc(-c5ccc6sc7ccccc7c6c5)cc(-c5ccc6sc7ccccc7c6c5)c4)n3)cc2)cc1. The first-order valence-corrected chi connectivity index (χ1v) is 22.3. The molecule has 0 saturated heterocycles. The lowest BCUT2D eigenvalue weighted by molar-refractivity contribution is 1.18. The normalized spacial score (nSPS) is 11.5. The van der Waals surface area contributed by atoms with E-state index in [1.165, 1.54) is 45.9 Å². The lowest BCUT2D eigenvalue weighted by atomic mass is 9.94. The molecule has 0 N–H and O–H groups in total. The van der Waals surface area contributed by atoms with Gasteiger partial charge in [-0.25, -0.2) is 9.97 Å². The summed E-state index contributed by atoms with van der Waals surface area (Å²) in [6, 6.07) is 72.0. The largest absolute Gasteiger partial charge is 0.264 e. The second-order valence-corrected chi connectivity index (χ2v) is 17.8. The number of rotatable bonds is 7. The van der Waals surface area contributed by atoms with E-state index in [0.717, 1.165) is 67.0 Å². The lowest BCUT2D eigenvalue weighted by Gasteiger charge is -2.14. The van der Waals surface area contributed by atoms with Gasteiger partial charge < -0.3 is 0 Å². The second-order valence-electron chi connectivity index (χ2n) is 15.6. The molecule has 4 aromatic heterocycles. The molecule has 8 aromatic carbocycles. The van der Waals surface area contributed by atoms with Crippen LogP contribution in [0.2, 0.25) is 0 Å². The highest BCUT2D eigenvalue weighted by Crippen LogP contribution is 2.41. The topological polar surface area (TPSA) is 38.7 Å². The van der Waals surface area contributed by atoms with Crippen LogP contribution < -0.4 is 0 Å². The fourth-order valence-corrected chi connectivity index (χ4v) is 10.8. The molecule has 0 saturated carbocycles. The van der Waals surface area contributed by atoms with E-state index in [-0.39, 0.29) is 0 Å². The van der Waals surface area contributed by atoms with Crippen LogP contribution in [-0.2, 0) is 0 Å². The van der Waals surface area contributed by atoms with Gasteiger partial charge in [0.15, 0.2) is 5.82 Å². The molecule has 0 radical (unpaired) electrons. The van der Waals surface area contributed by atoms with Crippen LogP contribution in [0.5, 0.6) is 0 Å². The van der Waals surface area contributed by atoms with Gasteiger partial charge in [0.25, 0.3) is 0 Å². The molecule has 12 rings (SSSR count). The third-order valence-electron chi connectivity index (χ3n) is 11.8. The standard InChI is InChI=1S/C57H35N3S2/c1-2-10-36(11-3-1)37-19-21-38(22-20-37)51-34-52(42-13-8-12-39(28-42)43-14-9-27-58-35-43)60-57(59-51)46-30-44(40-23-25-55-49(32-40)47-15-4-6-17-53(47)61-55)29-45(31-46)41-24-26-56-50(33-41)48-16-5-7-18-54(48)62-56/h1-35H. The van der Waals surface area contributed by atoms with Crippen LogP contribution in [-0.4, -0.2) is 15.0 Å². The predicted molar refractivity (Wildman–Crippen MR) is 264 cm³/mol. The third-order valence-corrected chi connectivity index (χ3v) is 14.1. The van der Waals surface area contributed by atoms with Crippen LogP contribution in [0, 0.1) is 0 Å². The number of nitrogens with zero attached hydrogens (tertiary/aromatic N) is 3. The molecule has 0 amide bonds. The molecule has 0 aliphatic rings. The van der Waals surface area contributed by atoms with Gasteiger partial charge in [0.05, 0.1) is 11.4 Å². The number of hydrogen-bond acceptors (Lipinski definition) is 5. The van der Waals surface area contributed by atoms with Crippen LogP contribution in [0.25, 0.3) is 119 Å². The molecule has 290 valence electrons.